The van der Waals surface area contributed by atoms with E-state index < -0.39 is 0 Å². The molecule has 3 rings (SSSR count). The number of aromatic amines is 1. The third kappa shape index (κ3) is 4.42. The van der Waals surface area contributed by atoms with Crippen molar-refractivity contribution in [1.82, 2.24) is 15.5 Å². The van der Waals surface area contributed by atoms with E-state index >= 15 is 0 Å². The average Bonchev–Trinajstić information content (AvgIpc) is 3.09. The van der Waals surface area contributed by atoms with Crippen LogP contribution in [0.2, 0.25) is 0 Å². The molecule has 5 heteroatoms. The zero-order valence-electron chi connectivity index (χ0n) is 15.5. The number of hydrogen-bond donors (Lipinski definition) is 2. The van der Waals surface area contributed by atoms with Crippen molar-refractivity contribution in [3.8, 4) is 5.75 Å². The minimum atomic E-state index is -0.0759. The van der Waals surface area contributed by atoms with Crippen molar-refractivity contribution in [3.05, 3.63) is 59.8 Å². The summed E-state index contributed by atoms with van der Waals surface area (Å²) in [6.45, 7) is 6.06. The number of nitrogens with one attached hydrogen (secondary N) is 2. The summed E-state index contributed by atoms with van der Waals surface area (Å²) in [6, 6.07) is 13.9. The Balaban J connectivity index is 1.54. The number of para-hydroxylation sites is 1. The van der Waals surface area contributed by atoms with Gasteiger partial charge in [-0.2, -0.15) is 5.10 Å². The molecular formula is C21H25N3O2. The second-order valence-corrected chi connectivity index (χ2v) is 6.86. The molecule has 1 heterocycles. The number of aromatic nitrogens is 2. The maximum absolute atomic E-state index is 12.6. The fourth-order valence-corrected chi connectivity index (χ4v) is 2.92. The third-order valence-corrected chi connectivity index (χ3v) is 4.26. The standard InChI is InChI=1S/C21H25N3O2/c1-14(2)26-18-11-9-16(10-12-18)8-7-15(3)23-21(25)19-6-4-5-17-13-22-24-20(17)19/h4-6,9-15H,7-8H2,1-3H3,(H,22,24)(H,23,25). The van der Waals surface area contributed by atoms with Gasteiger partial charge in [0.25, 0.3) is 5.91 Å². The van der Waals surface area contributed by atoms with Crippen LogP contribution in [0.25, 0.3) is 10.9 Å². The van der Waals surface area contributed by atoms with Crippen LogP contribution < -0.4 is 10.1 Å². The Morgan fingerprint density at radius 1 is 1.15 bits per heavy atom. The highest BCUT2D eigenvalue weighted by atomic mass is 16.5. The Hall–Kier alpha value is -2.82. The second kappa shape index (κ2) is 8.04. The lowest BCUT2D eigenvalue weighted by molar-refractivity contribution is 0.0940. The molecule has 0 spiro atoms. The quantitative estimate of drug-likeness (QED) is 0.673. The van der Waals surface area contributed by atoms with Gasteiger partial charge >= 0.3 is 0 Å². The number of fused-ring (bicyclic) bond motifs is 1. The molecule has 0 fully saturated rings. The van der Waals surface area contributed by atoms with Gasteiger partial charge in [-0.05, 0) is 57.4 Å². The van der Waals surface area contributed by atoms with Crippen molar-refractivity contribution < 1.29 is 9.53 Å². The minimum Gasteiger partial charge on any atom is -0.491 e. The molecule has 136 valence electrons. The molecule has 1 amide bonds. The smallest absolute Gasteiger partial charge is 0.253 e. The molecule has 0 saturated heterocycles. The highest BCUT2D eigenvalue weighted by Crippen LogP contribution is 2.17. The number of aryl methyl sites for hydroxylation is 1. The molecule has 0 saturated carbocycles. The van der Waals surface area contributed by atoms with Crippen molar-refractivity contribution in [2.75, 3.05) is 0 Å². The molecular weight excluding hydrogens is 326 g/mol. The van der Waals surface area contributed by atoms with Gasteiger partial charge < -0.3 is 10.1 Å². The topological polar surface area (TPSA) is 67.0 Å². The minimum absolute atomic E-state index is 0.0759. The SMILES string of the molecule is CC(CCc1ccc(OC(C)C)cc1)NC(=O)c1cccc2cn[nH]c12. The van der Waals surface area contributed by atoms with E-state index in [0.717, 1.165) is 29.5 Å². The molecule has 2 N–H and O–H groups in total. The molecule has 0 aliphatic carbocycles. The Labute approximate surface area is 153 Å². The van der Waals surface area contributed by atoms with Crippen LogP contribution in [-0.2, 0) is 6.42 Å². The van der Waals surface area contributed by atoms with E-state index in [9.17, 15) is 4.79 Å². The number of H-pyrrole nitrogens is 1. The zero-order chi connectivity index (χ0) is 18.5. The van der Waals surface area contributed by atoms with Crippen molar-refractivity contribution in [3.63, 3.8) is 0 Å². The van der Waals surface area contributed by atoms with E-state index in [-0.39, 0.29) is 18.1 Å². The normalized spacial score (nSPS) is 12.3. The largest absolute Gasteiger partial charge is 0.491 e. The van der Waals surface area contributed by atoms with Crippen LogP contribution in [0.1, 0.15) is 43.1 Å². The predicted molar refractivity (Wildman–Crippen MR) is 104 cm³/mol. The van der Waals surface area contributed by atoms with E-state index in [1.54, 1.807) is 6.20 Å². The van der Waals surface area contributed by atoms with E-state index in [0.29, 0.717) is 5.56 Å². The molecule has 1 aromatic heterocycles. The molecule has 2 aromatic carbocycles. The summed E-state index contributed by atoms with van der Waals surface area (Å²) in [6.07, 6.45) is 3.67. The number of amides is 1. The molecule has 5 nitrogen and oxygen atoms in total. The van der Waals surface area contributed by atoms with Gasteiger partial charge in [0.05, 0.1) is 23.4 Å². The number of carbonyl (C=O) groups is 1. The molecule has 26 heavy (non-hydrogen) atoms. The van der Waals surface area contributed by atoms with E-state index in [1.807, 2.05) is 51.1 Å². The molecule has 0 bridgehead atoms. The summed E-state index contributed by atoms with van der Waals surface area (Å²) in [7, 11) is 0. The van der Waals surface area contributed by atoms with Gasteiger partial charge in [0, 0.05) is 11.4 Å². The van der Waals surface area contributed by atoms with Gasteiger partial charge in [-0.15, -0.1) is 0 Å². The van der Waals surface area contributed by atoms with Gasteiger partial charge in [-0.3, -0.25) is 9.89 Å². The molecule has 0 radical (unpaired) electrons. The first-order chi connectivity index (χ1) is 12.5. The van der Waals surface area contributed by atoms with Crippen LogP contribution in [0.5, 0.6) is 5.75 Å². The van der Waals surface area contributed by atoms with E-state index in [1.165, 1.54) is 5.56 Å². The highest BCUT2D eigenvalue weighted by Gasteiger charge is 2.13. The highest BCUT2D eigenvalue weighted by molar-refractivity contribution is 6.05. The molecule has 0 aliphatic heterocycles. The Morgan fingerprint density at radius 3 is 2.65 bits per heavy atom. The van der Waals surface area contributed by atoms with Crippen molar-refractivity contribution in [1.29, 1.82) is 0 Å². The maximum atomic E-state index is 12.6. The summed E-state index contributed by atoms with van der Waals surface area (Å²) in [5.41, 5.74) is 2.64. The van der Waals surface area contributed by atoms with Gasteiger partial charge in [0.1, 0.15) is 5.75 Å². The number of ether oxygens (including phenoxy) is 1. The predicted octanol–water partition coefficient (Wildman–Crippen LogP) is 4.10. The van der Waals surface area contributed by atoms with Gasteiger partial charge in [-0.25, -0.2) is 0 Å². The summed E-state index contributed by atoms with van der Waals surface area (Å²) < 4.78 is 5.66. The van der Waals surface area contributed by atoms with E-state index in [2.05, 4.69) is 27.6 Å². The summed E-state index contributed by atoms with van der Waals surface area (Å²) >= 11 is 0. The number of carbonyl (C=O) groups excluding carboxylic acids is 1. The van der Waals surface area contributed by atoms with Crippen LogP contribution in [0.3, 0.4) is 0 Å². The van der Waals surface area contributed by atoms with Crippen LogP contribution >= 0.6 is 0 Å². The summed E-state index contributed by atoms with van der Waals surface area (Å²) in [5, 5.41) is 10.9. The molecule has 1 unspecified atom stereocenters. The third-order valence-electron chi connectivity index (χ3n) is 4.26. The number of benzene rings is 2. The Bertz CT molecular complexity index is 868. The van der Waals surface area contributed by atoms with Crippen molar-refractivity contribution in [2.45, 2.75) is 45.8 Å². The van der Waals surface area contributed by atoms with Crippen molar-refractivity contribution in [2.24, 2.45) is 0 Å². The fraction of sp³-hybridized carbons (Fsp3) is 0.333. The second-order valence-electron chi connectivity index (χ2n) is 6.86. The van der Waals surface area contributed by atoms with Crippen LogP contribution in [-0.4, -0.2) is 28.3 Å². The van der Waals surface area contributed by atoms with Crippen LogP contribution in [0.15, 0.2) is 48.7 Å². The average molecular weight is 351 g/mol. The zero-order valence-corrected chi connectivity index (χ0v) is 15.5. The van der Waals surface area contributed by atoms with E-state index in [4.69, 9.17) is 4.74 Å². The monoisotopic (exact) mass is 351 g/mol. The molecule has 3 aromatic rings. The Kier molecular flexibility index (Phi) is 5.56. The lowest BCUT2D eigenvalue weighted by atomic mass is 10.1. The lowest BCUT2D eigenvalue weighted by Gasteiger charge is -2.15. The molecule has 0 aliphatic rings. The van der Waals surface area contributed by atoms with Crippen LogP contribution in [0.4, 0.5) is 0 Å². The van der Waals surface area contributed by atoms with Crippen molar-refractivity contribution >= 4 is 16.8 Å². The summed E-state index contributed by atoms with van der Waals surface area (Å²) in [4.78, 5) is 12.6. The number of nitrogens with zero attached hydrogens (tertiary/aromatic N) is 1. The first-order valence-corrected chi connectivity index (χ1v) is 9.01. The van der Waals surface area contributed by atoms with Gasteiger partial charge in [-0.1, -0.05) is 24.3 Å². The first kappa shape index (κ1) is 18.0. The van der Waals surface area contributed by atoms with Gasteiger partial charge in [0.2, 0.25) is 0 Å². The molecule has 1 atom stereocenters. The maximum Gasteiger partial charge on any atom is 0.253 e. The fourth-order valence-electron chi connectivity index (χ4n) is 2.92. The first-order valence-electron chi connectivity index (χ1n) is 9.01. The lowest BCUT2D eigenvalue weighted by Crippen LogP contribution is -2.33. The number of rotatable bonds is 7. The number of hydrogen-bond acceptors (Lipinski definition) is 3. The van der Waals surface area contributed by atoms with Crippen LogP contribution in [0, 0.1) is 0 Å². The van der Waals surface area contributed by atoms with Gasteiger partial charge in [0.15, 0.2) is 0 Å². The Morgan fingerprint density at radius 2 is 1.92 bits per heavy atom. The summed E-state index contributed by atoms with van der Waals surface area (Å²) in [5.74, 6) is 0.811.